The number of nitrogens with one attached hydrogen (secondary N) is 1. The monoisotopic (exact) mass is 325 g/mol. The largest absolute Gasteiger partial charge is 0.486 e. The van der Waals surface area contributed by atoms with Crippen LogP contribution in [0.4, 0.5) is 5.69 Å². The topological polar surface area (TPSA) is 81.7 Å². The van der Waals surface area contributed by atoms with Crippen molar-refractivity contribution in [3.63, 3.8) is 0 Å². The second kappa shape index (κ2) is 6.16. The number of fused-ring (bicyclic) bond motifs is 1. The second-order valence-corrected chi connectivity index (χ2v) is 8.01. The molecule has 0 aliphatic carbocycles. The van der Waals surface area contributed by atoms with Crippen molar-refractivity contribution in [3.05, 3.63) is 18.2 Å². The van der Waals surface area contributed by atoms with E-state index in [0.29, 0.717) is 49.7 Å². The maximum atomic E-state index is 12.1. The Morgan fingerprint density at radius 3 is 2.55 bits per heavy atom. The summed E-state index contributed by atoms with van der Waals surface area (Å²) in [6, 6.07) is 5.30. The summed E-state index contributed by atoms with van der Waals surface area (Å²) in [5.41, 5.74) is 0.665. The molecule has 0 spiro atoms. The van der Waals surface area contributed by atoms with Crippen molar-refractivity contribution in [2.45, 2.75) is 19.3 Å². The molecular weight excluding hydrogens is 306 g/mol. The van der Waals surface area contributed by atoms with Crippen LogP contribution in [0.3, 0.4) is 0 Å². The highest BCUT2D eigenvalue weighted by molar-refractivity contribution is 7.91. The highest BCUT2D eigenvalue weighted by atomic mass is 32.2. The summed E-state index contributed by atoms with van der Waals surface area (Å²) in [6.07, 6.45) is 1.48. The molecule has 6 nitrogen and oxygen atoms in total. The van der Waals surface area contributed by atoms with Gasteiger partial charge in [0.1, 0.15) is 23.1 Å². The molecule has 2 heterocycles. The molecular formula is C15H19NO5S. The van der Waals surface area contributed by atoms with E-state index >= 15 is 0 Å². The predicted octanol–water partition coefficient (Wildman–Crippen LogP) is 1.61. The maximum Gasteiger partial charge on any atom is 0.224 e. The van der Waals surface area contributed by atoms with Crippen LogP contribution in [0.2, 0.25) is 0 Å². The first-order chi connectivity index (χ1) is 10.5. The molecule has 22 heavy (non-hydrogen) atoms. The minimum Gasteiger partial charge on any atom is -0.486 e. The van der Waals surface area contributed by atoms with Crippen LogP contribution in [0.25, 0.3) is 0 Å². The molecule has 0 saturated carbocycles. The summed E-state index contributed by atoms with van der Waals surface area (Å²) in [5, 5.41) is 2.84. The Labute approximate surface area is 129 Å². The number of amides is 1. The van der Waals surface area contributed by atoms with E-state index in [1.807, 2.05) is 0 Å². The van der Waals surface area contributed by atoms with Gasteiger partial charge in [-0.15, -0.1) is 0 Å². The van der Waals surface area contributed by atoms with Crippen LogP contribution in [0.5, 0.6) is 11.5 Å². The number of rotatable bonds is 3. The Morgan fingerprint density at radius 2 is 1.82 bits per heavy atom. The summed E-state index contributed by atoms with van der Waals surface area (Å²) >= 11 is 0. The molecule has 0 atom stereocenters. The molecule has 0 aromatic heterocycles. The second-order valence-electron chi connectivity index (χ2n) is 5.71. The third-order valence-corrected chi connectivity index (χ3v) is 5.69. The third kappa shape index (κ3) is 3.71. The minimum absolute atomic E-state index is 0.0963. The summed E-state index contributed by atoms with van der Waals surface area (Å²) in [6.45, 7) is 1.03. The van der Waals surface area contributed by atoms with Crippen LogP contribution in [0.15, 0.2) is 18.2 Å². The average molecular weight is 325 g/mol. The van der Waals surface area contributed by atoms with Crippen LogP contribution in [0.1, 0.15) is 19.3 Å². The normalized spacial score (nSPS) is 20.4. The lowest BCUT2D eigenvalue weighted by Gasteiger charge is -2.22. The quantitative estimate of drug-likeness (QED) is 0.913. The molecule has 1 saturated heterocycles. The first kappa shape index (κ1) is 15.1. The van der Waals surface area contributed by atoms with Gasteiger partial charge in [0.05, 0.1) is 11.5 Å². The molecule has 0 bridgehead atoms. The van der Waals surface area contributed by atoms with Crippen LogP contribution >= 0.6 is 0 Å². The fourth-order valence-electron chi connectivity index (χ4n) is 2.74. The van der Waals surface area contributed by atoms with Crippen molar-refractivity contribution in [1.29, 1.82) is 0 Å². The molecule has 0 radical (unpaired) electrons. The van der Waals surface area contributed by atoms with E-state index in [1.165, 1.54) is 0 Å². The van der Waals surface area contributed by atoms with E-state index < -0.39 is 9.84 Å². The summed E-state index contributed by atoms with van der Waals surface area (Å²) in [4.78, 5) is 12.1. The molecule has 1 fully saturated rings. The van der Waals surface area contributed by atoms with Crippen LogP contribution in [-0.4, -0.2) is 39.0 Å². The number of hydrogen-bond donors (Lipinski definition) is 1. The van der Waals surface area contributed by atoms with Crippen molar-refractivity contribution >= 4 is 21.4 Å². The third-order valence-electron chi connectivity index (χ3n) is 3.97. The van der Waals surface area contributed by atoms with Gasteiger partial charge in [-0.25, -0.2) is 8.42 Å². The van der Waals surface area contributed by atoms with Gasteiger partial charge >= 0.3 is 0 Å². The highest BCUT2D eigenvalue weighted by Crippen LogP contribution is 2.32. The molecule has 0 unspecified atom stereocenters. The fourth-order valence-corrected chi connectivity index (χ4v) is 4.33. The van der Waals surface area contributed by atoms with Gasteiger partial charge in [-0.3, -0.25) is 4.79 Å². The van der Waals surface area contributed by atoms with Crippen LogP contribution in [0, 0.1) is 5.92 Å². The van der Waals surface area contributed by atoms with Crippen LogP contribution in [-0.2, 0) is 14.6 Å². The molecule has 1 aromatic rings. The number of carbonyl (C=O) groups excluding carboxylic acids is 1. The Bertz CT molecular complexity index is 657. The molecule has 2 aliphatic rings. The Balaban J connectivity index is 1.56. The van der Waals surface area contributed by atoms with E-state index in [0.717, 1.165) is 0 Å². The lowest BCUT2D eigenvalue weighted by atomic mass is 9.98. The smallest absolute Gasteiger partial charge is 0.224 e. The predicted molar refractivity (Wildman–Crippen MR) is 82.1 cm³/mol. The van der Waals surface area contributed by atoms with E-state index in [2.05, 4.69) is 5.32 Å². The van der Waals surface area contributed by atoms with E-state index in [1.54, 1.807) is 18.2 Å². The SMILES string of the molecule is O=C(CC1CCS(=O)(=O)CC1)Nc1ccc2c(c1)OCCO2. The molecule has 1 aromatic carbocycles. The number of carbonyl (C=O) groups is 1. The number of ether oxygens (including phenoxy) is 2. The van der Waals surface area contributed by atoms with E-state index in [4.69, 9.17) is 9.47 Å². The summed E-state index contributed by atoms with van der Waals surface area (Å²) in [7, 11) is -2.88. The molecule has 3 rings (SSSR count). The van der Waals surface area contributed by atoms with Gasteiger partial charge in [0, 0.05) is 18.2 Å². The molecule has 7 heteroatoms. The Kier molecular flexibility index (Phi) is 4.24. The maximum absolute atomic E-state index is 12.1. The van der Waals surface area contributed by atoms with Gasteiger partial charge in [-0.2, -0.15) is 0 Å². The lowest BCUT2D eigenvalue weighted by Crippen LogP contribution is -2.26. The zero-order chi connectivity index (χ0) is 15.6. The molecule has 1 N–H and O–H groups in total. The van der Waals surface area contributed by atoms with Crippen molar-refractivity contribution in [2.75, 3.05) is 30.0 Å². The number of benzene rings is 1. The summed E-state index contributed by atoms with van der Waals surface area (Å²) in [5.74, 6) is 1.74. The van der Waals surface area contributed by atoms with Gasteiger partial charge in [0.2, 0.25) is 5.91 Å². The molecule has 2 aliphatic heterocycles. The number of hydrogen-bond acceptors (Lipinski definition) is 5. The molecule has 120 valence electrons. The average Bonchev–Trinajstić information content (AvgIpc) is 2.49. The zero-order valence-corrected chi connectivity index (χ0v) is 13.0. The van der Waals surface area contributed by atoms with Crippen molar-refractivity contribution in [1.82, 2.24) is 0 Å². The van der Waals surface area contributed by atoms with Gasteiger partial charge in [0.15, 0.2) is 11.5 Å². The first-order valence-electron chi connectivity index (χ1n) is 7.42. The van der Waals surface area contributed by atoms with Gasteiger partial charge < -0.3 is 14.8 Å². The zero-order valence-electron chi connectivity index (χ0n) is 12.2. The van der Waals surface area contributed by atoms with Crippen molar-refractivity contribution in [2.24, 2.45) is 5.92 Å². The summed E-state index contributed by atoms with van der Waals surface area (Å²) < 4.78 is 33.7. The van der Waals surface area contributed by atoms with E-state index in [9.17, 15) is 13.2 Å². The van der Waals surface area contributed by atoms with Crippen molar-refractivity contribution in [3.8, 4) is 11.5 Å². The van der Waals surface area contributed by atoms with Gasteiger partial charge in [-0.05, 0) is 30.9 Å². The first-order valence-corrected chi connectivity index (χ1v) is 9.24. The van der Waals surface area contributed by atoms with Crippen molar-refractivity contribution < 1.29 is 22.7 Å². The van der Waals surface area contributed by atoms with E-state index in [-0.39, 0.29) is 23.3 Å². The number of anilines is 1. The number of sulfone groups is 1. The van der Waals surface area contributed by atoms with Gasteiger partial charge in [-0.1, -0.05) is 0 Å². The van der Waals surface area contributed by atoms with Crippen LogP contribution < -0.4 is 14.8 Å². The lowest BCUT2D eigenvalue weighted by molar-refractivity contribution is -0.117. The minimum atomic E-state index is -2.88. The van der Waals surface area contributed by atoms with Gasteiger partial charge in [0.25, 0.3) is 0 Å². The highest BCUT2D eigenvalue weighted by Gasteiger charge is 2.25. The standard InChI is InChI=1S/C15H19NO5S/c17-15(9-11-3-7-22(18,19)8-4-11)16-12-1-2-13-14(10-12)21-6-5-20-13/h1-2,10-11H,3-9H2,(H,16,17). The fraction of sp³-hybridized carbons (Fsp3) is 0.533. The Morgan fingerprint density at radius 1 is 1.14 bits per heavy atom. The Hall–Kier alpha value is -1.76. The molecule has 1 amide bonds.